The zero-order valence-corrected chi connectivity index (χ0v) is 20.2. The van der Waals surface area contributed by atoms with E-state index in [0.717, 1.165) is 22.3 Å². The number of aliphatic carboxylic acids is 1. The molecule has 2 amide bonds. The number of carboxylic acids is 1. The predicted molar refractivity (Wildman–Crippen MR) is 132 cm³/mol. The average Bonchev–Trinajstić information content (AvgIpc) is 3.38. The van der Waals surface area contributed by atoms with Crippen LogP contribution in [0.4, 0.5) is 4.79 Å². The smallest absolute Gasteiger partial charge is 0.407 e. The normalized spacial score (nSPS) is 19.9. The Bertz CT molecular complexity index is 1030. The van der Waals surface area contributed by atoms with Crippen LogP contribution < -0.4 is 5.32 Å². The summed E-state index contributed by atoms with van der Waals surface area (Å²) in [6, 6.07) is 15.5. The van der Waals surface area contributed by atoms with E-state index in [0.29, 0.717) is 18.7 Å². The number of alkyl carbamates (subject to hydrolysis) is 1. The van der Waals surface area contributed by atoms with Crippen LogP contribution in [-0.4, -0.2) is 65.7 Å². The molecule has 2 aromatic carbocycles. The van der Waals surface area contributed by atoms with Crippen molar-refractivity contribution in [1.82, 2.24) is 10.2 Å². The number of carbonyl (C=O) groups is 3. The van der Waals surface area contributed by atoms with Crippen LogP contribution in [0, 0.1) is 11.8 Å². The molecule has 1 unspecified atom stereocenters. The summed E-state index contributed by atoms with van der Waals surface area (Å²) in [5.74, 6) is -1.23. The van der Waals surface area contributed by atoms with Crippen LogP contribution in [-0.2, 0) is 14.3 Å². The molecular formula is C26H30N2O5S. The maximum absolute atomic E-state index is 13.1. The van der Waals surface area contributed by atoms with Gasteiger partial charge in [0.2, 0.25) is 5.91 Å². The van der Waals surface area contributed by atoms with Crippen LogP contribution in [0.3, 0.4) is 0 Å². The molecule has 1 heterocycles. The minimum atomic E-state index is -0.895. The molecule has 0 radical (unpaired) electrons. The third-order valence-electron chi connectivity index (χ3n) is 6.79. The molecule has 0 spiro atoms. The van der Waals surface area contributed by atoms with E-state index in [-0.39, 0.29) is 30.9 Å². The molecule has 2 aromatic rings. The number of hydrogen-bond acceptors (Lipinski definition) is 5. The van der Waals surface area contributed by atoms with Gasteiger partial charge in [-0.15, -0.1) is 0 Å². The summed E-state index contributed by atoms with van der Waals surface area (Å²) in [6.07, 6.45) is 1.75. The Hall–Kier alpha value is -3.00. The second-order valence-electron chi connectivity index (χ2n) is 8.97. The summed E-state index contributed by atoms with van der Waals surface area (Å²) in [7, 11) is 0. The van der Waals surface area contributed by atoms with Crippen LogP contribution in [0.2, 0.25) is 0 Å². The van der Waals surface area contributed by atoms with E-state index in [2.05, 4.69) is 29.6 Å². The van der Waals surface area contributed by atoms with E-state index in [4.69, 9.17) is 4.74 Å². The van der Waals surface area contributed by atoms with Crippen molar-refractivity contribution in [3.63, 3.8) is 0 Å². The Balaban J connectivity index is 1.41. The van der Waals surface area contributed by atoms with E-state index >= 15 is 0 Å². The molecule has 0 bridgehead atoms. The van der Waals surface area contributed by atoms with Crippen molar-refractivity contribution in [2.75, 3.05) is 31.7 Å². The third kappa shape index (κ3) is 4.92. The molecular weight excluding hydrogens is 452 g/mol. The first-order chi connectivity index (χ1) is 16.4. The van der Waals surface area contributed by atoms with Gasteiger partial charge in [-0.05, 0) is 46.6 Å². The molecule has 2 N–H and O–H groups in total. The van der Waals surface area contributed by atoms with Crippen LogP contribution in [0.15, 0.2) is 48.5 Å². The Morgan fingerprint density at radius 3 is 2.26 bits per heavy atom. The fourth-order valence-electron chi connectivity index (χ4n) is 4.96. The minimum Gasteiger partial charge on any atom is -0.481 e. The number of thioether (sulfide) groups is 1. The van der Waals surface area contributed by atoms with Crippen LogP contribution in [0.1, 0.15) is 30.4 Å². The quantitative estimate of drug-likeness (QED) is 0.594. The maximum atomic E-state index is 13.1. The summed E-state index contributed by atoms with van der Waals surface area (Å²) >= 11 is 1.58. The molecule has 3 atom stereocenters. The standard InChI is InChI=1S/C26H30N2O5S/c1-16-13-28(14-21(16)25(30)31)24(29)23(11-12-34-2)27-26(32)33-15-22-19-9-5-3-7-17(19)18-8-4-6-10-20(18)22/h3-10,16,21-23H,11-15H2,1-2H3,(H,27,32)(H,30,31)/t16-,21-,23?/m1/s1. The second kappa shape index (κ2) is 10.5. The molecule has 180 valence electrons. The first-order valence-corrected chi connectivity index (χ1v) is 12.9. The maximum Gasteiger partial charge on any atom is 0.407 e. The first-order valence-electron chi connectivity index (χ1n) is 11.5. The lowest BCUT2D eigenvalue weighted by atomic mass is 9.98. The Morgan fingerprint density at radius 1 is 1.09 bits per heavy atom. The number of carboxylic acid groups (broad SMARTS) is 1. The van der Waals surface area contributed by atoms with Crippen molar-refractivity contribution in [2.24, 2.45) is 11.8 Å². The molecule has 0 saturated carbocycles. The summed E-state index contributed by atoms with van der Waals surface area (Å²) in [5, 5.41) is 12.1. The number of fused-ring (bicyclic) bond motifs is 3. The fraction of sp³-hybridized carbons (Fsp3) is 0.423. The van der Waals surface area contributed by atoms with E-state index in [9.17, 15) is 19.5 Å². The van der Waals surface area contributed by atoms with Gasteiger partial charge in [-0.1, -0.05) is 55.5 Å². The van der Waals surface area contributed by atoms with Gasteiger partial charge in [0.15, 0.2) is 0 Å². The van der Waals surface area contributed by atoms with Crippen LogP contribution in [0.5, 0.6) is 0 Å². The number of carbonyl (C=O) groups excluding carboxylic acids is 2. The lowest BCUT2D eigenvalue weighted by Crippen LogP contribution is -2.48. The second-order valence-corrected chi connectivity index (χ2v) is 9.95. The molecule has 0 aromatic heterocycles. The largest absolute Gasteiger partial charge is 0.481 e. The number of amides is 2. The van der Waals surface area contributed by atoms with Crippen molar-refractivity contribution in [3.8, 4) is 11.1 Å². The molecule has 8 heteroatoms. The van der Waals surface area contributed by atoms with E-state index in [1.165, 1.54) is 0 Å². The van der Waals surface area contributed by atoms with Crippen molar-refractivity contribution < 1.29 is 24.2 Å². The molecule has 1 aliphatic carbocycles. The van der Waals surface area contributed by atoms with Gasteiger partial charge >= 0.3 is 12.1 Å². The Labute approximate surface area is 203 Å². The molecule has 2 aliphatic rings. The average molecular weight is 483 g/mol. The number of nitrogens with one attached hydrogen (secondary N) is 1. The number of ether oxygens (including phenoxy) is 1. The fourth-order valence-corrected chi connectivity index (χ4v) is 5.44. The molecule has 34 heavy (non-hydrogen) atoms. The molecule has 4 rings (SSSR count). The van der Waals surface area contributed by atoms with Gasteiger partial charge in [0.25, 0.3) is 0 Å². The van der Waals surface area contributed by atoms with Gasteiger partial charge in [0.1, 0.15) is 12.6 Å². The summed E-state index contributed by atoms with van der Waals surface area (Å²) in [5.41, 5.74) is 4.54. The molecule has 7 nitrogen and oxygen atoms in total. The highest BCUT2D eigenvalue weighted by atomic mass is 32.2. The van der Waals surface area contributed by atoms with Crippen molar-refractivity contribution in [2.45, 2.75) is 25.3 Å². The van der Waals surface area contributed by atoms with E-state index in [1.807, 2.05) is 37.4 Å². The Kier molecular flexibility index (Phi) is 7.46. The monoisotopic (exact) mass is 482 g/mol. The SMILES string of the molecule is CSCCC(NC(=O)OCC1c2ccccc2-c2ccccc21)C(=O)N1C[C@@H](C)[C@H](C(=O)O)C1. The summed E-state index contributed by atoms with van der Waals surface area (Å²) in [4.78, 5) is 38.9. The zero-order chi connectivity index (χ0) is 24.2. The van der Waals surface area contributed by atoms with Crippen molar-refractivity contribution in [3.05, 3.63) is 59.7 Å². The van der Waals surface area contributed by atoms with Gasteiger partial charge in [-0.25, -0.2) is 4.79 Å². The molecule has 1 fully saturated rings. The number of nitrogens with zero attached hydrogens (tertiary/aromatic N) is 1. The van der Waals surface area contributed by atoms with Crippen molar-refractivity contribution in [1.29, 1.82) is 0 Å². The predicted octanol–water partition coefficient (Wildman–Crippen LogP) is 3.83. The topological polar surface area (TPSA) is 95.9 Å². The lowest BCUT2D eigenvalue weighted by Gasteiger charge is -2.24. The highest BCUT2D eigenvalue weighted by Crippen LogP contribution is 2.44. The van der Waals surface area contributed by atoms with Gasteiger partial charge in [-0.3, -0.25) is 9.59 Å². The molecule has 1 saturated heterocycles. The highest BCUT2D eigenvalue weighted by molar-refractivity contribution is 7.98. The first kappa shape index (κ1) is 24.1. The zero-order valence-electron chi connectivity index (χ0n) is 19.4. The number of hydrogen-bond donors (Lipinski definition) is 2. The van der Waals surface area contributed by atoms with E-state index < -0.39 is 24.0 Å². The number of benzene rings is 2. The van der Waals surface area contributed by atoms with Gasteiger partial charge in [0.05, 0.1) is 5.92 Å². The van der Waals surface area contributed by atoms with Crippen LogP contribution in [0.25, 0.3) is 11.1 Å². The Morgan fingerprint density at radius 2 is 1.71 bits per heavy atom. The van der Waals surface area contributed by atoms with Gasteiger partial charge < -0.3 is 20.1 Å². The molecule has 1 aliphatic heterocycles. The minimum absolute atomic E-state index is 0.0609. The third-order valence-corrected chi connectivity index (χ3v) is 7.43. The van der Waals surface area contributed by atoms with E-state index in [1.54, 1.807) is 16.7 Å². The number of likely N-dealkylation sites (tertiary alicyclic amines) is 1. The van der Waals surface area contributed by atoms with Gasteiger partial charge in [0, 0.05) is 19.0 Å². The van der Waals surface area contributed by atoms with Crippen molar-refractivity contribution >= 4 is 29.7 Å². The summed E-state index contributed by atoms with van der Waals surface area (Å²) < 4.78 is 5.62. The lowest BCUT2D eigenvalue weighted by molar-refractivity contribution is -0.142. The highest BCUT2D eigenvalue weighted by Gasteiger charge is 2.39. The van der Waals surface area contributed by atoms with Gasteiger partial charge in [-0.2, -0.15) is 11.8 Å². The summed E-state index contributed by atoms with van der Waals surface area (Å²) in [6.45, 7) is 2.54. The van der Waals surface area contributed by atoms with Crippen LogP contribution >= 0.6 is 11.8 Å². The number of rotatable bonds is 8.